The normalized spacial score (nSPS) is 27.5. The highest BCUT2D eigenvalue weighted by Gasteiger charge is 2.62. The van der Waals surface area contributed by atoms with E-state index in [4.69, 9.17) is 15.2 Å². The van der Waals surface area contributed by atoms with Crippen molar-refractivity contribution < 1.29 is 53.9 Å². The number of phenolic OH excluding ortho intramolecular Hbond substituents is 1. The molecule has 5 atom stereocenters. The monoisotopic (exact) mass is 695 g/mol. The van der Waals surface area contributed by atoms with Crippen LogP contribution in [0.25, 0.3) is 6.08 Å². The smallest absolute Gasteiger partial charge is 0.344 e. The van der Waals surface area contributed by atoms with Crippen molar-refractivity contribution in [1.82, 2.24) is 0 Å². The van der Waals surface area contributed by atoms with E-state index in [-0.39, 0.29) is 52.8 Å². The fourth-order valence-corrected chi connectivity index (χ4v) is 6.51. The van der Waals surface area contributed by atoms with E-state index in [0.717, 1.165) is 0 Å². The van der Waals surface area contributed by atoms with E-state index in [0.29, 0.717) is 11.1 Å². The minimum absolute atomic E-state index is 0.0143. The molecule has 1 amide bonds. The number of amides is 1. The third kappa shape index (κ3) is 5.24. The minimum atomic E-state index is -2.61. The molecule has 2 unspecified atom stereocenters. The average Bonchev–Trinajstić information content (AvgIpc) is 2.91. The van der Waals surface area contributed by atoms with Gasteiger partial charge >= 0.3 is 11.9 Å². The van der Waals surface area contributed by atoms with Crippen molar-refractivity contribution >= 4 is 58.1 Å². The Hall–Kier alpha value is -3.56. The number of aliphatic hydroxyl groups excluding tert-OH is 2. The number of aromatic hydroxyl groups is 1. The first kappa shape index (κ1) is 31.4. The molecule has 3 aliphatic carbocycles. The number of carbonyl (C=O) groups is 5. The molecular formula is C29H30INO11. The zero-order chi connectivity index (χ0) is 31.1. The number of Topliss-reactive ketones (excluding diaryl/α,β-unsaturated/α-hetero) is 2. The van der Waals surface area contributed by atoms with Crippen LogP contribution in [0, 0.1) is 17.8 Å². The molecule has 0 bridgehead atoms. The number of phenols is 1. The summed E-state index contributed by atoms with van der Waals surface area (Å²) in [6, 6.07) is 2.69. The number of carbonyl (C=O) groups excluding carboxylic acids is 5. The average molecular weight is 695 g/mol. The topological polar surface area (TPSA) is 211 Å². The van der Waals surface area contributed by atoms with Crippen molar-refractivity contribution in [2.24, 2.45) is 23.5 Å². The Morgan fingerprint density at radius 1 is 1.10 bits per heavy atom. The van der Waals surface area contributed by atoms with Crippen LogP contribution in [-0.2, 0) is 35.1 Å². The van der Waals surface area contributed by atoms with Crippen molar-refractivity contribution in [2.45, 2.75) is 44.8 Å². The Balaban J connectivity index is 1.85. The van der Waals surface area contributed by atoms with Crippen molar-refractivity contribution in [1.29, 1.82) is 0 Å². The van der Waals surface area contributed by atoms with Crippen LogP contribution in [0.3, 0.4) is 0 Å². The molecular weight excluding hydrogens is 665 g/mol. The van der Waals surface area contributed by atoms with E-state index < -0.39 is 70.4 Å². The van der Waals surface area contributed by atoms with Gasteiger partial charge in [-0.25, -0.2) is 9.59 Å². The summed E-state index contributed by atoms with van der Waals surface area (Å²) in [5, 5.41) is 43.7. The summed E-state index contributed by atoms with van der Waals surface area (Å²) in [5.74, 6) is -9.51. The van der Waals surface area contributed by atoms with Gasteiger partial charge in [0.05, 0.1) is 34.0 Å². The number of hydrogen-bond donors (Lipinski definition) is 5. The number of aliphatic hydroxyl groups is 3. The molecule has 42 heavy (non-hydrogen) atoms. The van der Waals surface area contributed by atoms with Crippen LogP contribution in [0.2, 0.25) is 0 Å². The summed E-state index contributed by atoms with van der Waals surface area (Å²) >= 11 is 1.73. The Labute approximate surface area is 254 Å². The lowest BCUT2D eigenvalue weighted by Crippen LogP contribution is -2.63. The lowest BCUT2D eigenvalue weighted by Gasteiger charge is -2.48. The molecule has 4 rings (SSSR count). The van der Waals surface area contributed by atoms with Crippen LogP contribution in [-0.4, -0.2) is 74.8 Å². The number of rotatable bonds is 7. The highest BCUT2D eigenvalue weighted by Crippen LogP contribution is 2.52. The zero-order valence-corrected chi connectivity index (χ0v) is 24.9. The molecule has 0 saturated heterocycles. The van der Waals surface area contributed by atoms with E-state index in [9.17, 15) is 44.4 Å². The molecule has 1 fully saturated rings. The largest absolute Gasteiger partial charge is 0.508 e. The number of hydrogen-bond acceptors (Lipinski definition) is 11. The zero-order valence-electron chi connectivity index (χ0n) is 22.8. The number of esters is 2. The molecule has 0 heterocycles. The molecule has 0 aliphatic heterocycles. The lowest BCUT2D eigenvalue weighted by atomic mass is 9.57. The van der Waals surface area contributed by atoms with Gasteiger partial charge in [-0.2, -0.15) is 0 Å². The summed E-state index contributed by atoms with van der Waals surface area (Å²) in [6.07, 6.45) is 1.00. The highest BCUT2D eigenvalue weighted by molar-refractivity contribution is 14.1. The second-order valence-corrected chi connectivity index (χ2v) is 11.5. The number of ether oxygens (including phenoxy) is 2. The van der Waals surface area contributed by atoms with E-state index in [1.165, 1.54) is 24.3 Å². The molecule has 224 valence electrons. The van der Waals surface area contributed by atoms with Gasteiger partial charge in [-0.1, -0.05) is 6.07 Å². The molecule has 13 heteroatoms. The standard InChI is InChI=1S/C29H30INO11/c1-3-41-27(38)14(10-17(30)28(39)42-4-2)7-12-5-6-18(32)21-16(12)9-13-8-15-11-19(33)22(26(31)37)25(36)29(15,40)24(35)20(13)23(21)34/h5-7,10,13,15,19,22,32-33,35,40H,3-4,8-9,11H2,1-2H3,(H2,31,37)/b14-7-,17-10-/t13-,15+,19?,22?,29+/m1/s1. The molecule has 12 nitrogen and oxygen atoms in total. The maximum Gasteiger partial charge on any atom is 0.344 e. The number of ketones is 2. The maximum absolute atomic E-state index is 13.8. The van der Waals surface area contributed by atoms with Gasteiger partial charge in [-0.15, -0.1) is 0 Å². The van der Waals surface area contributed by atoms with Crippen LogP contribution in [0.4, 0.5) is 0 Å². The number of nitrogens with two attached hydrogens (primary N) is 1. The number of primary amides is 1. The first-order chi connectivity index (χ1) is 19.8. The molecule has 0 aromatic heterocycles. The maximum atomic E-state index is 13.8. The van der Waals surface area contributed by atoms with Gasteiger partial charge in [-0.3, -0.25) is 14.4 Å². The lowest BCUT2D eigenvalue weighted by molar-refractivity contribution is -0.167. The van der Waals surface area contributed by atoms with Gasteiger partial charge in [0.15, 0.2) is 17.2 Å². The number of halogens is 1. The van der Waals surface area contributed by atoms with Gasteiger partial charge in [0.1, 0.15) is 17.4 Å². The van der Waals surface area contributed by atoms with Crippen molar-refractivity contribution in [3.05, 3.63) is 55.4 Å². The molecule has 0 radical (unpaired) electrons. The van der Waals surface area contributed by atoms with Crippen LogP contribution >= 0.6 is 22.6 Å². The quantitative estimate of drug-likeness (QED) is 0.0909. The Kier molecular flexibility index (Phi) is 8.94. The summed E-state index contributed by atoms with van der Waals surface area (Å²) in [5.41, 5.74) is 2.81. The van der Waals surface area contributed by atoms with Crippen LogP contribution in [0.5, 0.6) is 5.75 Å². The molecule has 1 saturated carbocycles. The van der Waals surface area contributed by atoms with Gasteiger partial charge in [0.2, 0.25) is 5.91 Å². The summed E-state index contributed by atoms with van der Waals surface area (Å²) < 4.78 is 10.2. The minimum Gasteiger partial charge on any atom is -0.508 e. The predicted octanol–water partition coefficient (Wildman–Crippen LogP) is 1.57. The number of benzene rings is 1. The first-order valence-corrected chi connectivity index (χ1v) is 14.4. The SMILES string of the molecule is CCOC(=O)/C(I)=C/C(=C/c1ccc(O)c2c1C[C@H]1C[C@H]3CC(O)C(C(N)=O)C(=O)[C@@]3(O)C(O)=C1C2=O)C(=O)OCC. The fourth-order valence-electron chi connectivity index (χ4n) is 6.02. The van der Waals surface area contributed by atoms with E-state index in [1.54, 1.807) is 36.4 Å². The van der Waals surface area contributed by atoms with Crippen molar-refractivity contribution in [3.8, 4) is 5.75 Å². The Morgan fingerprint density at radius 2 is 1.74 bits per heavy atom. The summed E-state index contributed by atoms with van der Waals surface area (Å²) in [7, 11) is 0. The van der Waals surface area contributed by atoms with Crippen molar-refractivity contribution in [3.63, 3.8) is 0 Å². The molecule has 3 aliphatic rings. The Morgan fingerprint density at radius 3 is 2.36 bits per heavy atom. The van der Waals surface area contributed by atoms with Gasteiger partial charge in [-0.05, 0) is 91.0 Å². The molecule has 1 aromatic rings. The predicted molar refractivity (Wildman–Crippen MR) is 154 cm³/mol. The summed E-state index contributed by atoms with van der Waals surface area (Å²) in [6.45, 7) is 3.42. The fraction of sp³-hybridized carbons (Fsp3) is 0.414. The summed E-state index contributed by atoms with van der Waals surface area (Å²) in [4.78, 5) is 63.8. The second-order valence-electron chi connectivity index (χ2n) is 10.3. The Bertz CT molecular complexity index is 1480. The van der Waals surface area contributed by atoms with E-state index >= 15 is 0 Å². The first-order valence-electron chi connectivity index (χ1n) is 13.3. The number of allylic oxidation sites excluding steroid dienone is 1. The highest BCUT2D eigenvalue weighted by atomic mass is 127. The van der Waals surface area contributed by atoms with Gasteiger partial charge < -0.3 is 35.6 Å². The van der Waals surface area contributed by atoms with Crippen LogP contribution < -0.4 is 5.73 Å². The van der Waals surface area contributed by atoms with Crippen LogP contribution in [0.15, 0.2) is 38.7 Å². The number of fused-ring (bicyclic) bond motifs is 3. The van der Waals surface area contributed by atoms with E-state index in [1.807, 2.05) is 0 Å². The molecule has 1 aromatic carbocycles. The second kappa shape index (κ2) is 12.0. The third-order valence-corrected chi connectivity index (χ3v) is 8.64. The van der Waals surface area contributed by atoms with Gasteiger partial charge in [0.25, 0.3) is 0 Å². The van der Waals surface area contributed by atoms with E-state index in [2.05, 4.69) is 0 Å². The van der Waals surface area contributed by atoms with Crippen LogP contribution in [0.1, 0.15) is 48.2 Å². The molecule has 6 N–H and O–H groups in total. The van der Waals surface area contributed by atoms with Crippen molar-refractivity contribution in [2.75, 3.05) is 13.2 Å². The van der Waals surface area contributed by atoms with Gasteiger partial charge in [0, 0.05) is 11.5 Å². The molecule has 0 spiro atoms. The third-order valence-electron chi connectivity index (χ3n) is 7.88.